The number of nitrogens with zero attached hydrogens (tertiary/aromatic N) is 5. The summed E-state index contributed by atoms with van der Waals surface area (Å²) in [5.74, 6) is -0.00218. The Morgan fingerprint density at radius 1 is 1.19 bits per heavy atom. The molecule has 0 aliphatic carbocycles. The van der Waals surface area contributed by atoms with Crippen LogP contribution >= 0.6 is 0 Å². The Hall–Kier alpha value is -3.20. The monoisotopic (exact) mass is 437 g/mol. The lowest BCUT2D eigenvalue weighted by atomic mass is 9.98. The van der Waals surface area contributed by atoms with Crippen LogP contribution in [0.3, 0.4) is 0 Å². The number of benzene rings is 1. The number of hydrogen-bond donors (Lipinski definition) is 2. The van der Waals surface area contributed by atoms with Gasteiger partial charge < -0.3 is 21.3 Å². The predicted molar refractivity (Wildman–Crippen MR) is 121 cm³/mol. The summed E-state index contributed by atoms with van der Waals surface area (Å²) in [6, 6.07) is 6.09. The van der Waals surface area contributed by atoms with E-state index in [9.17, 15) is 9.18 Å². The Morgan fingerprint density at radius 2 is 2.03 bits per heavy atom. The number of likely N-dealkylation sites (tertiary alicyclic amines) is 1. The van der Waals surface area contributed by atoms with Crippen molar-refractivity contribution in [2.45, 2.75) is 44.7 Å². The maximum atomic E-state index is 14.4. The fraction of sp³-hybridized carbons (Fsp3) is 0.435. The van der Waals surface area contributed by atoms with E-state index < -0.39 is 5.82 Å². The molecule has 2 fully saturated rings. The average molecular weight is 438 g/mol. The number of anilines is 2. The van der Waals surface area contributed by atoms with Crippen LogP contribution in [-0.2, 0) is 0 Å². The van der Waals surface area contributed by atoms with Gasteiger partial charge in [-0.15, -0.1) is 0 Å². The fourth-order valence-electron chi connectivity index (χ4n) is 4.82. The Labute approximate surface area is 186 Å². The number of amides is 1. The van der Waals surface area contributed by atoms with Crippen molar-refractivity contribution < 1.29 is 9.18 Å². The molecular formula is C23H28FN7O. The average Bonchev–Trinajstić information content (AvgIpc) is 3.38. The number of halogens is 1. The number of rotatable bonds is 3. The van der Waals surface area contributed by atoms with E-state index in [1.165, 1.54) is 12.1 Å². The van der Waals surface area contributed by atoms with E-state index in [0.717, 1.165) is 61.5 Å². The molecule has 2 unspecified atom stereocenters. The van der Waals surface area contributed by atoms with Gasteiger partial charge in [0.2, 0.25) is 0 Å². The Balaban J connectivity index is 1.47. The van der Waals surface area contributed by atoms with Crippen molar-refractivity contribution in [3.8, 4) is 0 Å². The highest BCUT2D eigenvalue weighted by Crippen LogP contribution is 2.33. The molecule has 4 heterocycles. The molecule has 2 atom stereocenters. The van der Waals surface area contributed by atoms with E-state index in [1.54, 1.807) is 15.5 Å². The van der Waals surface area contributed by atoms with Crippen LogP contribution in [0.5, 0.6) is 0 Å². The predicted octanol–water partition coefficient (Wildman–Crippen LogP) is 2.66. The van der Waals surface area contributed by atoms with Crippen molar-refractivity contribution >= 4 is 23.1 Å². The lowest BCUT2D eigenvalue weighted by Gasteiger charge is -2.34. The second-order valence-corrected chi connectivity index (χ2v) is 8.86. The SMILES string of the molecule is Cc1cn2nc(C3CCCCN3C(=O)c3ccc(N)cc3F)cc2nc1N1CCC(N)C1. The molecule has 3 aromatic rings. The first kappa shape index (κ1) is 20.7. The molecule has 0 radical (unpaired) electrons. The third-order valence-electron chi connectivity index (χ3n) is 6.48. The number of piperidine rings is 1. The third-order valence-corrected chi connectivity index (χ3v) is 6.48. The van der Waals surface area contributed by atoms with Crippen LogP contribution in [0.25, 0.3) is 5.65 Å². The van der Waals surface area contributed by atoms with Gasteiger partial charge in [-0.3, -0.25) is 4.79 Å². The normalized spacial score (nSPS) is 21.5. The molecule has 0 bridgehead atoms. The number of aryl methyl sites for hydroxylation is 1. The summed E-state index contributed by atoms with van der Waals surface area (Å²) in [5, 5.41) is 4.75. The maximum Gasteiger partial charge on any atom is 0.257 e. The van der Waals surface area contributed by atoms with Gasteiger partial charge in [0.05, 0.1) is 17.3 Å². The van der Waals surface area contributed by atoms with Crippen LogP contribution < -0.4 is 16.4 Å². The minimum atomic E-state index is -0.597. The van der Waals surface area contributed by atoms with Crippen molar-refractivity contribution in [3.63, 3.8) is 0 Å². The summed E-state index contributed by atoms with van der Waals surface area (Å²) in [7, 11) is 0. The molecule has 2 aliphatic rings. The molecule has 1 aromatic carbocycles. The van der Waals surface area contributed by atoms with Crippen molar-refractivity contribution in [1.29, 1.82) is 0 Å². The van der Waals surface area contributed by atoms with Crippen molar-refractivity contribution in [1.82, 2.24) is 19.5 Å². The van der Waals surface area contributed by atoms with Gasteiger partial charge >= 0.3 is 0 Å². The van der Waals surface area contributed by atoms with Gasteiger partial charge in [-0.25, -0.2) is 13.9 Å². The first-order chi connectivity index (χ1) is 15.4. The molecule has 4 N–H and O–H groups in total. The Bertz CT molecular complexity index is 1180. The molecule has 8 nitrogen and oxygen atoms in total. The van der Waals surface area contributed by atoms with Crippen LogP contribution in [0.15, 0.2) is 30.5 Å². The molecule has 5 rings (SSSR count). The first-order valence-corrected chi connectivity index (χ1v) is 11.1. The van der Waals surface area contributed by atoms with E-state index in [4.69, 9.17) is 21.5 Å². The quantitative estimate of drug-likeness (QED) is 0.611. The van der Waals surface area contributed by atoms with E-state index in [0.29, 0.717) is 12.2 Å². The van der Waals surface area contributed by atoms with Crippen LogP contribution in [-0.4, -0.2) is 51.1 Å². The summed E-state index contributed by atoms with van der Waals surface area (Å²) in [6.07, 6.45) is 5.56. The summed E-state index contributed by atoms with van der Waals surface area (Å²) in [5.41, 5.74) is 14.6. The van der Waals surface area contributed by atoms with Gasteiger partial charge in [-0.2, -0.15) is 5.10 Å². The Morgan fingerprint density at radius 3 is 2.78 bits per heavy atom. The largest absolute Gasteiger partial charge is 0.399 e. The summed E-state index contributed by atoms with van der Waals surface area (Å²) < 4.78 is 16.2. The van der Waals surface area contributed by atoms with Gasteiger partial charge in [0.15, 0.2) is 5.65 Å². The lowest BCUT2D eigenvalue weighted by molar-refractivity contribution is 0.0601. The molecule has 168 valence electrons. The number of nitrogen functional groups attached to an aromatic ring is 1. The molecule has 32 heavy (non-hydrogen) atoms. The minimum Gasteiger partial charge on any atom is -0.399 e. The number of aromatic nitrogens is 3. The molecule has 2 saturated heterocycles. The van der Waals surface area contributed by atoms with Crippen LogP contribution in [0, 0.1) is 12.7 Å². The summed E-state index contributed by atoms with van der Waals surface area (Å²) in [4.78, 5) is 22.0. The first-order valence-electron chi connectivity index (χ1n) is 11.1. The second-order valence-electron chi connectivity index (χ2n) is 8.86. The zero-order valence-electron chi connectivity index (χ0n) is 18.2. The van der Waals surface area contributed by atoms with Crippen LogP contribution in [0.4, 0.5) is 15.9 Å². The second kappa shape index (κ2) is 8.05. The van der Waals surface area contributed by atoms with Gasteiger partial charge in [0.25, 0.3) is 5.91 Å². The fourth-order valence-corrected chi connectivity index (χ4v) is 4.82. The van der Waals surface area contributed by atoms with Crippen LogP contribution in [0.1, 0.15) is 53.3 Å². The smallest absolute Gasteiger partial charge is 0.257 e. The van der Waals surface area contributed by atoms with Gasteiger partial charge in [0.1, 0.15) is 11.6 Å². The highest BCUT2D eigenvalue weighted by atomic mass is 19.1. The third kappa shape index (κ3) is 3.66. The van der Waals surface area contributed by atoms with Crippen molar-refractivity contribution in [3.05, 3.63) is 53.1 Å². The summed E-state index contributed by atoms with van der Waals surface area (Å²) in [6.45, 7) is 4.27. The molecule has 1 amide bonds. The lowest BCUT2D eigenvalue weighted by Crippen LogP contribution is -2.39. The zero-order chi connectivity index (χ0) is 22.4. The minimum absolute atomic E-state index is 0.0384. The molecule has 2 aliphatic heterocycles. The standard InChI is InChI=1S/C23H28FN7O/c1-14-12-31-21(27-22(14)29-9-7-16(26)13-29)11-19(28-31)20-4-2-3-8-30(20)23(32)17-6-5-15(25)10-18(17)24/h5-6,10-12,16,20H,2-4,7-9,13,25-26H2,1H3. The van der Waals surface area contributed by atoms with Crippen LogP contribution in [0.2, 0.25) is 0 Å². The molecule has 2 aromatic heterocycles. The van der Waals surface area contributed by atoms with Crippen molar-refractivity contribution in [2.75, 3.05) is 30.3 Å². The number of carbonyl (C=O) groups excluding carboxylic acids is 1. The molecular weight excluding hydrogens is 409 g/mol. The topological polar surface area (TPSA) is 106 Å². The van der Waals surface area contributed by atoms with E-state index in [2.05, 4.69) is 4.90 Å². The molecule has 0 spiro atoms. The van der Waals surface area contributed by atoms with Gasteiger partial charge in [-0.05, 0) is 50.8 Å². The maximum absolute atomic E-state index is 14.4. The summed E-state index contributed by atoms with van der Waals surface area (Å²) >= 11 is 0. The van der Waals surface area contributed by atoms with Gasteiger partial charge in [0, 0.05) is 49.2 Å². The molecule has 9 heteroatoms. The number of nitrogens with two attached hydrogens (primary N) is 2. The number of fused-ring (bicyclic) bond motifs is 1. The number of hydrogen-bond acceptors (Lipinski definition) is 6. The number of carbonyl (C=O) groups is 1. The van der Waals surface area contributed by atoms with E-state index in [-0.39, 0.29) is 23.6 Å². The molecule has 0 saturated carbocycles. The zero-order valence-corrected chi connectivity index (χ0v) is 18.2. The Kier molecular flexibility index (Phi) is 5.21. The highest BCUT2D eigenvalue weighted by molar-refractivity contribution is 5.95. The van der Waals surface area contributed by atoms with E-state index in [1.807, 2.05) is 19.2 Å². The highest BCUT2D eigenvalue weighted by Gasteiger charge is 2.32. The van der Waals surface area contributed by atoms with E-state index >= 15 is 0 Å². The van der Waals surface area contributed by atoms with Gasteiger partial charge in [-0.1, -0.05) is 0 Å². The van der Waals surface area contributed by atoms with Crippen molar-refractivity contribution in [2.24, 2.45) is 5.73 Å².